The SMILES string of the molecule is COC(=O)c1ccc(F)c([C@@H]2C[C@H](CN[C@H](C)c3cccc4ccccc34)Oc3ccccc32)c1. The molecule has 4 aromatic rings. The average molecular weight is 470 g/mol. The van der Waals surface area contributed by atoms with Crippen LogP contribution in [0.5, 0.6) is 5.75 Å². The van der Waals surface area contributed by atoms with Crippen LogP contribution in [-0.4, -0.2) is 25.7 Å². The predicted molar refractivity (Wildman–Crippen MR) is 135 cm³/mol. The largest absolute Gasteiger partial charge is 0.489 e. The Hall–Kier alpha value is -3.70. The van der Waals surface area contributed by atoms with Crippen molar-refractivity contribution in [3.8, 4) is 5.75 Å². The number of rotatable bonds is 6. The quantitative estimate of drug-likeness (QED) is 0.332. The molecule has 35 heavy (non-hydrogen) atoms. The molecule has 0 radical (unpaired) electrons. The van der Waals surface area contributed by atoms with Crippen molar-refractivity contribution in [3.63, 3.8) is 0 Å². The van der Waals surface area contributed by atoms with Gasteiger partial charge >= 0.3 is 5.97 Å². The molecular formula is C30H28FNO3. The maximum absolute atomic E-state index is 15.0. The van der Waals surface area contributed by atoms with Crippen molar-refractivity contribution in [2.45, 2.75) is 31.4 Å². The summed E-state index contributed by atoms with van der Waals surface area (Å²) in [6.45, 7) is 2.75. The number of hydrogen-bond donors (Lipinski definition) is 1. The van der Waals surface area contributed by atoms with Gasteiger partial charge in [-0.25, -0.2) is 9.18 Å². The second-order valence-electron chi connectivity index (χ2n) is 8.99. The Balaban J connectivity index is 1.40. The Morgan fingerprint density at radius 3 is 2.66 bits per heavy atom. The second-order valence-corrected chi connectivity index (χ2v) is 8.99. The van der Waals surface area contributed by atoms with Crippen molar-refractivity contribution >= 4 is 16.7 Å². The maximum Gasteiger partial charge on any atom is 0.337 e. The van der Waals surface area contributed by atoms with Gasteiger partial charge in [0.1, 0.15) is 17.7 Å². The summed E-state index contributed by atoms with van der Waals surface area (Å²) in [5, 5.41) is 6.06. The number of ether oxygens (including phenoxy) is 2. The number of esters is 1. The molecule has 1 aliphatic rings. The van der Waals surface area contributed by atoms with E-state index in [0.29, 0.717) is 24.1 Å². The van der Waals surface area contributed by atoms with E-state index in [1.165, 1.54) is 35.6 Å². The molecule has 0 fully saturated rings. The first-order valence-electron chi connectivity index (χ1n) is 11.9. The summed E-state index contributed by atoms with van der Waals surface area (Å²) in [5.74, 6) is -0.302. The van der Waals surface area contributed by atoms with E-state index >= 15 is 4.39 Å². The summed E-state index contributed by atoms with van der Waals surface area (Å²) in [7, 11) is 1.33. The van der Waals surface area contributed by atoms with Gasteiger partial charge in [-0.1, -0.05) is 60.7 Å². The number of fused-ring (bicyclic) bond motifs is 2. The summed E-state index contributed by atoms with van der Waals surface area (Å²) in [6, 6.07) is 27.0. The Labute approximate surface area is 204 Å². The molecular weight excluding hydrogens is 441 g/mol. The zero-order valence-corrected chi connectivity index (χ0v) is 19.8. The smallest absolute Gasteiger partial charge is 0.337 e. The fraction of sp³-hybridized carbons (Fsp3) is 0.233. The third-order valence-electron chi connectivity index (χ3n) is 6.82. The zero-order valence-electron chi connectivity index (χ0n) is 19.8. The van der Waals surface area contributed by atoms with Crippen LogP contribution in [0.2, 0.25) is 0 Å². The molecule has 4 aromatic carbocycles. The number of carbonyl (C=O) groups is 1. The molecule has 0 saturated carbocycles. The van der Waals surface area contributed by atoms with Gasteiger partial charge < -0.3 is 14.8 Å². The highest BCUT2D eigenvalue weighted by Crippen LogP contribution is 2.41. The van der Waals surface area contributed by atoms with Crippen LogP contribution in [0.3, 0.4) is 0 Å². The van der Waals surface area contributed by atoms with Gasteiger partial charge in [0.05, 0.1) is 12.7 Å². The van der Waals surface area contributed by atoms with Crippen LogP contribution >= 0.6 is 0 Å². The Morgan fingerprint density at radius 2 is 1.80 bits per heavy atom. The lowest BCUT2D eigenvalue weighted by Crippen LogP contribution is -2.37. The number of methoxy groups -OCH3 is 1. The van der Waals surface area contributed by atoms with Gasteiger partial charge in [0.25, 0.3) is 0 Å². The van der Waals surface area contributed by atoms with E-state index in [1.807, 2.05) is 30.3 Å². The van der Waals surface area contributed by atoms with Gasteiger partial charge in [0.2, 0.25) is 0 Å². The Bertz CT molecular complexity index is 1360. The zero-order chi connectivity index (χ0) is 24.4. The fourth-order valence-electron chi connectivity index (χ4n) is 5.01. The molecule has 4 nitrogen and oxygen atoms in total. The van der Waals surface area contributed by atoms with Crippen LogP contribution in [-0.2, 0) is 4.74 Å². The summed E-state index contributed by atoms with van der Waals surface area (Å²) >= 11 is 0. The maximum atomic E-state index is 15.0. The highest BCUT2D eigenvalue weighted by molar-refractivity contribution is 5.89. The van der Waals surface area contributed by atoms with E-state index in [1.54, 1.807) is 6.07 Å². The molecule has 1 aliphatic heterocycles. The second kappa shape index (κ2) is 9.88. The van der Waals surface area contributed by atoms with Gasteiger partial charge in [-0.2, -0.15) is 0 Å². The molecule has 0 aromatic heterocycles. The van der Waals surface area contributed by atoms with Gasteiger partial charge in [0, 0.05) is 24.1 Å². The predicted octanol–water partition coefficient (Wildman–Crippen LogP) is 6.40. The monoisotopic (exact) mass is 469 g/mol. The van der Waals surface area contributed by atoms with Crippen LogP contribution in [0.25, 0.3) is 10.8 Å². The standard InChI is InChI=1S/C30H28FNO3/c1-19(23-12-7-9-20-8-3-4-10-24(20)23)32-18-22-17-26(25-11-5-6-13-29(25)35-22)27-16-21(30(33)34-2)14-15-28(27)31/h3-16,19,22,26,32H,17-18H2,1-2H3/t19-,22-,26-/m1/s1. The highest BCUT2D eigenvalue weighted by atomic mass is 19.1. The van der Waals surface area contributed by atoms with Gasteiger partial charge in [-0.05, 0) is 59.5 Å². The average Bonchev–Trinajstić information content (AvgIpc) is 2.90. The molecule has 0 amide bonds. The topological polar surface area (TPSA) is 47.6 Å². The van der Waals surface area contributed by atoms with E-state index in [4.69, 9.17) is 9.47 Å². The lowest BCUT2D eigenvalue weighted by atomic mass is 9.83. The van der Waals surface area contributed by atoms with E-state index in [0.717, 1.165) is 11.3 Å². The highest BCUT2D eigenvalue weighted by Gasteiger charge is 2.31. The number of carbonyl (C=O) groups excluding carboxylic acids is 1. The van der Waals surface area contributed by atoms with E-state index in [9.17, 15) is 4.79 Å². The van der Waals surface area contributed by atoms with E-state index in [-0.39, 0.29) is 23.9 Å². The first kappa shape index (κ1) is 23.1. The molecule has 0 spiro atoms. The van der Waals surface area contributed by atoms with Crippen LogP contribution in [0.4, 0.5) is 4.39 Å². The normalized spacial score (nSPS) is 17.9. The van der Waals surface area contributed by atoms with Crippen molar-refractivity contribution in [2.24, 2.45) is 0 Å². The first-order chi connectivity index (χ1) is 17.0. The number of halogens is 1. The van der Waals surface area contributed by atoms with Gasteiger partial charge in [0.15, 0.2) is 0 Å². The third-order valence-corrected chi connectivity index (χ3v) is 6.82. The first-order valence-corrected chi connectivity index (χ1v) is 11.9. The molecule has 5 heteroatoms. The molecule has 0 aliphatic carbocycles. The molecule has 178 valence electrons. The minimum Gasteiger partial charge on any atom is -0.489 e. The van der Waals surface area contributed by atoms with Gasteiger partial charge in [-0.3, -0.25) is 0 Å². The summed E-state index contributed by atoms with van der Waals surface area (Å²) in [4.78, 5) is 12.1. The fourth-order valence-corrected chi connectivity index (χ4v) is 5.01. The number of nitrogens with one attached hydrogen (secondary N) is 1. The molecule has 1 N–H and O–H groups in total. The molecule has 1 heterocycles. The molecule has 0 bridgehead atoms. The minimum atomic E-state index is -0.478. The lowest BCUT2D eigenvalue weighted by molar-refractivity contribution is 0.0600. The lowest BCUT2D eigenvalue weighted by Gasteiger charge is -2.33. The molecule has 3 atom stereocenters. The Kier molecular flexibility index (Phi) is 6.51. The molecule has 5 rings (SSSR count). The van der Waals surface area contributed by atoms with Crippen molar-refractivity contribution in [1.82, 2.24) is 5.32 Å². The summed E-state index contributed by atoms with van der Waals surface area (Å²) in [6.07, 6.45) is 0.432. The Morgan fingerprint density at radius 1 is 1.03 bits per heavy atom. The van der Waals surface area contributed by atoms with Crippen LogP contribution < -0.4 is 10.1 Å². The van der Waals surface area contributed by atoms with Crippen LogP contribution in [0, 0.1) is 5.82 Å². The molecule has 0 saturated heterocycles. The van der Waals surface area contributed by atoms with Crippen LogP contribution in [0.1, 0.15) is 52.4 Å². The minimum absolute atomic E-state index is 0.111. The molecule has 0 unspecified atom stereocenters. The van der Waals surface area contributed by atoms with Crippen LogP contribution in [0.15, 0.2) is 84.9 Å². The van der Waals surface area contributed by atoms with Crippen molar-refractivity contribution in [2.75, 3.05) is 13.7 Å². The van der Waals surface area contributed by atoms with E-state index in [2.05, 4.69) is 48.6 Å². The summed E-state index contributed by atoms with van der Waals surface area (Å²) < 4.78 is 26.2. The van der Waals surface area contributed by atoms with Crippen molar-refractivity contribution < 1.29 is 18.7 Å². The summed E-state index contributed by atoms with van der Waals surface area (Å²) in [5.41, 5.74) is 2.97. The van der Waals surface area contributed by atoms with Crippen molar-refractivity contribution in [1.29, 1.82) is 0 Å². The third kappa shape index (κ3) is 4.64. The number of hydrogen-bond acceptors (Lipinski definition) is 4. The van der Waals surface area contributed by atoms with Gasteiger partial charge in [-0.15, -0.1) is 0 Å². The van der Waals surface area contributed by atoms with E-state index < -0.39 is 5.97 Å². The number of para-hydroxylation sites is 1. The van der Waals surface area contributed by atoms with Crippen molar-refractivity contribution in [3.05, 3.63) is 113 Å². The number of benzene rings is 4.